The number of hydrogen-bond donors (Lipinski definition) is 1. The number of amides is 1. The molecule has 1 amide bonds. The van der Waals surface area contributed by atoms with Crippen LogP contribution in [0.25, 0.3) is 16.8 Å². The Morgan fingerprint density at radius 2 is 1.95 bits per heavy atom. The van der Waals surface area contributed by atoms with E-state index in [9.17, 15) is 14.7 Å². The molecule has 0 unspecified atom stereocenters. The Morgan fingerprint density at radius 3 is 2.69 bits per heavy atom. The molecule has 2 aliphatic rings. The van der Waals surface area contributed by atoms with E-state index in [0.717, 1.165) is 66.7 Å². The summed E-state index contributed by atoms with van der Waals surface area (Å²) in [6.07, 6.45) is 9.51. The van der Waals surface area contributed by atoms with E-state index in [0.29, 0.717) is 17.3 Å². The van der Waals surface area contributed by atoms with Gasteiger partial charge in [0.05, 0.1) is 23.3 Å². The van der Waals surface area contributed by atoms with Gasteiger partial charge in [0, 0.05) is 42.7 Å². The van der Waals surface area contributed by atoms with Crippen LogP contribution in [0.1, 0.15) is 96.0 Å². The molecule has 2 aromatic carbocycles. The van der Waals surface area contributed by atoms with Gasteiger partial charge in [-0.15, -0.1) is 5.10 Å². The predicted molar refractivity (Wildman–Crippen MR) is 160 cm³/mol. The number of hydrogen-bond acceptors (Lipinski definition) is 5. The summed E-state index contributed by atoms with van der Waals surface area (Å²) in [5.41, 5.74) is 5.80. The Morgan fingerprint density at radius 1 is 1.12 bits per heavy atom. The number of carboxylic acid groups (broad SMARTS) is 1. The highest BCUT2D eigenvalue weighted by molar-refractivity contribution is 5.96. The predicted octanol–water partition coefficient (Wildman–Crippen LogP) is 5.91. The van der Waals surface area contributed by atoms with Crippen molar-refractivity contribution >= 4 is 11.9 Å². The molecule has 1 aliphatic heterocycles. The lowest BCUT2D eigenvalue weighted by atomic mass is 9.96. The third-order valence-corrected chi connectivity index (χ3v) is 9.05. The van der Waals surface area contributed by atoms with Gasteiger partial charge >= 0.3 is 5.97 Å². The highest BCUT2D eigenvalue weighted by Gasteiger charge is 2.56. The third-order valence-electron chi connectivity index (χ3n) is 9.05. The maximum absolute atomic E-state index is 13.6. The molecule has 3 atom stereocenters. The van der Waals surface area contributed by atoms with Gasteiger partial charge in [0.15, 0.2) is 0 Å². The van der Waals surface area contributed by atoms with Crippen molar-refractivity contribution in [3.05, 3.63) is 82.9 Å². The first-order valence-electron chi connectivity index (χ1n) is 14.9. The van der Waals surface area contributed by atoms with Gasteiger partial charge in [0.1, 0.15) is 5.56 Å². The van der Waals surface area contributed by atoms with Crippen LogP contribution in [-0.4, -0.2) is 59.2 Å². The fourth-order valence-corrected chi connectivity index (χ4v) is 6.67. The van der Waals surface area contributed by atoms with Crippen molar-refractivity contribution < 1.29 is 14.7 Å². The summed E-state index contributed by atoms with van der Waals surface area (Å²) in [6.45, 7) is 7.11. The van der Waals surface area contributed by atoms with Crippen LogP contribution in [0.5, 0.6) is 0 Å². The van der Waals surface area contributed by atoms with Crippen molar-refractivity contribution in [3.63, 3.8) is 0 Å². The van der Waals surface area contributed by atoms with Gasteiger partial charge in [-0.25, -0.2) is 9.48 Å². The zero-order chi connectivity index (χ0) is 29.6. The number of aromatic carboxylic acids is 1. The van der Waals surface area contributed by atoms with Crippen LogP contribution in [0.15, 0.2) is 54.9 Å². The van der Waals surface area contributed by atoms with Gasteiger partial charge in [-0.05, 0) is 80.0 Å². The molecule has 42 heavy (non-hydrogen) atoms. The second kappa shape index (κ2) is 10.9. The molecular weight excluding hydrogens is 528 g/mol. The van der Waals surface area contributed by atoms with Crippen LogP contribution in [0, 0.1) is 6.92 Å². The largest absolute Gasteiger partial charge is 0.478 e. The summed E-state index contributed by atoms with van der Waals surface area (Å²) in [7, 11) is 1.83. The standard InChI is InChI=1S/C33H38N6O3/c1-5-9-25-12-6-7-13-38(25)31(40)23-11-8-10-22(16-23)24-14-21(2)15-26(17-24)39-30(27(19-34-39)32(41)42)28-18-33(28,3)29-20-37(4)36-35-29/h8,10-11,14-17,19-20,25,28H,5-7,9,12-13,18H2,1-4H3,(H,41,42)/t25-,28-,33-/m1/s1. The van der Waals surface area contributed by atoms with E-state index < -0.39 is 5.97 Å². The van der Waals surface area contributed by atoms with Gasteiger partial charge in [0.25, 0.3) is 5.91 Å². The Balaban J connectivity index is 1.36. The van der Waals surface area contributed by atoms with Crippen molar-refractivity contribution in [2.45, 2.75) is 76.7 Å². The molecule has 1 saturated carbocycles. The molecule has 0 radical (unpaired) electrons. The van der Waals surface area contributed by atoms with Crippen LogP contribution in [0.2, 0.25) is 0 Å². The molecule has 9 heteroatoms. The highest BCUT2D eigenvalue weighted by Crippen LogP contribution is 2.60. The lowest BCUT2D eigenvalue weighted by molar-refractivity contribution is 0.0600. The molecule has 2 aromatic heterocycles. The van der Waals surface area contributed by atoms with Gasteiger partial charge in [-0.3, -0.25) is 9.48 Å². The fraction of sp³-hybridized carbons (Fsp3) is 0.424. The van der Waals surface area contributed by atoms with Crippen LogP contribution < -0.4 is 0 Å². The number of likely N-dealkylation sites (tertiary alicyclic amines) is 1. The van der Waals surface area contributed by atoms with Gasteiger partial charge < -0.3 is 10.0 Å². The number of carbonyl (C=O) groups is 2. The van der Waals surface area contributed by atoms with E-state index in [-0.39, 0.29) is 22.8 Å². The minimum atomic E-state index is -0.997. The number of rotatable bonds is 8. The Bertz CT molecular complexity index is 1650. The number of benzene rings is 2. The zero-order valence-corrected chi connectivity index (χ0v) is 24.7. The smallest absolute Gasteiger partial charge is 0.339 e. The monoisotopic (exact) mass is 566 g/mol. The number of aromatic nitrogens is 5. The maximum Gasteiger partial charge on any atom is 0.339 e. The molecule has 0 bridgehead atoms. The van der Waals surface area contributed by atoms with Crippen LogP contribution in [0.4, 0.5) is 0 Å². The van der Waals surface area contributed by atoms with Crippen molar-refractivity contribution in [3.8, 4) is 16.8 Å². The van der Waals surface area contributed by atoms with E-state index in [1.54, 1.807) is 9.36 Å². The quantitative estimate of drug-likeness (QED) is 0.284. The minimum Gasteiger partial charge on any atom is -0.478 e. The summed E-state index contributed by atoms with van der Waals surface area (Å²) >= 11 is 0. The van der Waals surface area contributed by atoms with E-state index in [1.165, 1.54) is 12.6 Å². The SMILES string of the molecule is CCC[C@@H]1CCCCN1C(=O)c1cccc(-c2cc(C)cc(-n3ncc(C(=O)O)c3[C@H]3C[C@@]3(C)c3cn(C)nn3)c2)c1. The van der Waals surface area contributed by atoms with Crippen molar-refractivity contribution in [1.29, 1.82) is 0 Å². The molecule has 0 spiro atoms. The van der Waals surface area contributed by atoms with Gasteiger partial charge in [0.2, 0.25) is 0 Å². The minimum absolute atomic E-state index is 0.0617. The van der Waals surface area contributed by atoms with E-state index in [2.05, 4.69) is 40.2 Å². The Kier molecular flexibility index (Phi) is 7.20. The number of carbonyl (C=O) groups excluding carboxylic acids is 1. The Hall–Kier alpha value is -4.27. The lowest BCUT2D eigenvalue weighted by Crippen LogP contribution is -2.43. The Labute approximate surface area is 246 Å². The molecule has 4 aromatic rings. The first kappa shape index (κ1) is 27.9. The van der Waals surface area contributed by atoms with E-state index in [4.69, 9.17) is 0 Å². The number of aryl methyl sites for hydroxylation is 2. The second-order valence-electron chi connectivity index (χ2n) is 12.2. The summed E-state index contributed by atoms with van der Waals surface area (Å²) in [5, 5.41) is 23.1. The molecule has 2 fully saturated rings. The lowest BCUT2D eigenvalue weighted by Gasteiger charge is -2.36. The maximum atomic E-state index is 13.6. The average Bonchev–Trinajstić information content (AvgIpc) is 3.28. The summed E-state index contributed by atoms with van der Waals surface area (Å²) in [4.78, 5) is 28.0. The van der Waals surface area contributed by atoms with Crippen molar-refractivity contribution in [2.75, 3.05) is 6.54 Å². The van der Waals surface area contributed by atoms with Crippen LogP contribution in [-0.2, 0) is 12.5 Å². The number of carboxylic acids is 1. The fourth-order valence-electron chi connectivity index (χ4n) is 6.67. The van der Waals surface area contributed by atoms with E-state index in [1.807, 2.05) is 56.6 Å². The zero-order valence-electron chi connectivity index (χ0n) is 24.7. The van der Waals surface area contributed by atoms with Crippen LogP contribution in [0.3, 0.4) is 0 Å². The molecule has 1 aliphatic carbocycles. The summed E-state index contributed by atoms with van der Waals surface area (Å²) < 4.78 is 3.44. The first-order chi connectivity index (χ1) is 20.2. The molecule has 3 heterocycles. The second-order valence-corrected chi connectivity index (χ2v) is 12.2. The van der Waals surface area contributed by atoms with E-state index >= 15 is 0 Å². The average molecular weight is 567 g/mol. The molecule has 6 rings (SSSR count). The number of nitrogens with zero attached hydrogens (tertiary/aromatic N) is 6. The summed E-state index contributed by atoms with van der Waals surface area (Å²) in [6, 6.07) is 14.3. The number of piperidine rings is 1. The normalized spacial score (nSPS) is 21.9. The van der Waals surface area contributed by atoms with Gasteiger partial charge in [-0.2, -0.15) is 5.10 Å². The topological polar surface area (TPSA) is 106 Å². The summed E-state index contributed by atoms with van der Waals surface area (Å²) in [5.74, 6) is -0.962. The molecule has 1 N–H and O–H groups in total. The highest BCUT2D eigenvalue weighted by atomic mass is 16.4. The molecule has 218 valence electrons. The van der Waals surface area contributed by atoms with Crippen molar-refractivity contribution in [1.82, 2.24) is 29.7 Å². The molecule has 1 saturated heterocycles. The van der Waals surface area contributed by atoms with Crippen LogP contribution >= 0.6 is 0 Å². The van der Waals surface area contributed by atoms with Crippen molar-refractivity contribution in [2.24, 2.45) is 7.05 Å². The molecule has 9 nitrogen and oxygen atoms in total. The third kappa shape index (κ3) is 5.01. The van der Waals surface area contributed by atoms with Gasteiger partial charge in [-0.1, -0.05) is 43.7 Å². The first-order valence-corrected chi connectivity index (χ1v) is 14.9. The molecular formula is C33H38N6O3.